The van der Waals surface area contributed by atoms with Crippen LogP contribution in [-0.2, 0) is 0 Å². The summed E-state index contributed by atoms with van der Waals surface area (Å²) in [6.07, 6.45) is 0.688. The van der Waals surface area contributed by atoms with Gasteiger partial charge in [-0.2, -0.15) is 0 Å². The van der Waals surface area contributed by atoms with Crippen LogP contribution >= 0.6 is 11.6 Å². The number of halogens is 2. The summed E-state index contributed by atoms with van der Waals surface area (Å²) in [6.45, 7) is 3.16. The number of imidazole rings is 1. The summed E-state index contributed by atoms with van der Waals surface area (Å²) in [5, 5.41) is 22.8. The molecule has 1 fully saturated rings. The largest absolute Gasteiger partial charge is 0.394 e. The lowest BCUT2D eigenvalue weighted by molar-refractivity contribution is 0.0905. The van der Waals surface area contributed by atoms with E-state index in [-0.39, 0.29) is 23.9 Å². The van der Waals surface area contributed by atoms with E-state index in [1.807, 2.05) is 0 Å². The average molecular weight is 491 g/mol. The second-order valence-corrected chi connectivity index (χ2v) is 9.24. The smallest absolute Gasteiger partial charge is 0.326 e. The van der Waals surface area contributed by atoms with Crippen molar-refractivity contribution in [3.05, 3.63) is 68.8 Å². The molecule has 34 heavy (non-hydrogen) atoms. The van der Waals surface area contributed by atoms with Crippen LogP contribution in [0.3, 0.4) is 0 Å². The molecule has 2 aromatic carbocycles. The molecule has 2 atom stereocenters. The van der Waals surface area contributed by atoms with Crippen molar-refractivity contribution < 1.29 is 19.4 Å². The highest BCUT2D eigenvalue weighted by Gasteiger charge is 2.26. The Bertz CT molecular complexity index is 1220. The van der Waals surface area contributed by atoms with Gasteiger partial charge in [0.15, 0.2) is 0 Å². The Morgan fingerprint density at radius 2 is 1.94 bits per heavy atom. The molecule has 10 heteroatoms. The summed E-state index contributed by atoms with van der Waals surface area (Å²) in [5.41, 5.74) is 1.05. The van der Waals surface area contributed by atoms with Crippen molar-refractivity contribution in [3.8, 4) is 0 Å². The molecule has 1 saturated heterocycles. The fraction of sp³-hybridized carbons (Fsp3) is 0.417. The average Bonchev–Trinajstić information content (AvgIpc) is 3.13. The summed E-state index contributed by atoms with van der Waals surface area (Å²) in [6, 6.07) is 9.00. The highest BCUT2D eigenvalue weighted by molar-refractivity contribution is 6.30. The second kappa shape index (κ2) is 10.3. The lowest BCUT2D eigenvalue weighted by Crippen LogP contribution is -2.39. The third-order valence-corrected chi connectivity index (χ3v) is 6.56. The zero-order valence-electron chi connectivity index (χ0n) is 18.8. The normalized spacial score (nSPS) is 17.1. The number of nitrogens with one attached hydrogen (secondary N) is 2. The van der Waals surface area contributed by atoms with Crippen molar-refractivity contribution in [2.24, 2.45) is 0 Å². The molecule has 3 aromatic rings. The number of β-amino-alcohol motifs (C(OH)–C–C–N with tert-alkyl or cyclic N) is 1. The quantitative estimate of drug-likeness (QED) is 0.407. The van der Waals surface area contributed by atoms with E-state index in [1.54, 1.807) is 35.8 Å². The highest BCUT2D eigenvalue weighted by atomic mass is 35.5. The minimum atomic E-state index is -0.730. The SMILES string of the molecule is CC(CO)NC(=O)c1cc2[nH]c(=O)n(C3CCN(CC(O)c4ccc(Cl)cc4)CC3)c2cc1F. The molecule has 4 N–H and O–H groups in total. The van der Waals surface area contributed by atoms with E-state index in [0.717, 1.165) is 5.56 Å². The Balaban J connectivity index is 1.46. The molecule has 0 radical (unpaired) electrons. The molecule has 0 spiro atoms. The van der Waals surface area contributed by atoms with Gasteiger partial charge in [0.05, 0.1) is 29.3 Å². The van der Waals surface area contributed by atoms with E-state index < -0.39 is 23.9 Å². The molecule has 2 heterocycles. The molecule has 1 aliphatic rings. The molecule has 1 aliphatic heterocycles. The first-order valence-corrected chi connectivity index (χ1v) is 11.7. The van der Waals surface area contributed by atoms with Crippen LogP contribution in [0.2, 0.25) is 5.02 Å². The van der Waals surface area contributed by atoms with Gasteiger partial charge in [0, 0.05) is 42.8 Å². The summed E-state index contributed by atoms with van der Waals surface area (Å²) in [7, 11) is 0. The van der Waals surface area contributed by atoms with E-state index in [4.69, 9.17) is 16.7 Å². The van der Waals surface area contributed by atoms with Crippen LogP contribution in [-0.4, -0.2) is 62.9 Å². The number of aliphatic hydroxyl groups is 2. The van der Waals surface area contributed by atoms with Gasteiger partial charge in [-0.1, -0.05) is 23.7 Å². The maximum Gasteiger partial charge on any atom is 0.326 e. The lowest BCUT2D eigenvalue weighted by atomic mass is 10.0. The van der Waals surface area contributed by atoms with E-state index in [9.17, 15) is 19.1 Å². The number of hydrogen-bond donors (Lipinski definition) is 4. The molecule has 1 amide bonds. The fourth-order valence-electron chi connectivity index (χ4n) is 4.43. The zero-order chi connectivity index (χ0) is 24.4. The number of H-pyrrole nitrogens is 1. The predicted octanol–water partition coefficient (Wildman–Crippen LogP) is 2.60. The van der Waals surface area contributed by atoms with Crippen LogP contribution in [0.15, 0.2) is 41.2 Å². The van der Waals surface area contributed by atoms with Crippen molar-refractivity contribution in [1.29, 1.82) is 0 Å². The number of aromatic nitrogens is 2. The van der Waals surface area contributed by atoms with Crippen LogP contribution in [0.4, 0.5) is 4.39 Å². The van der Waals surface area contributed by atoms with Gasteiger partial charge in [0.1, 0.15) is 5.82 Å². The topological polar surface area (TPSA) is 111 Å². The van der Waals surface area contributed by atoms with Gasteiger partial charge in [0.25, 0.3) is 5.91 Å². The number of hydrogen-bond acceptors (Lipinski definition) is 5. The number of carbonyl (C=O) groups excluding carboxylic acids is 1. The summed E-state index contributed by atoms with van der Waals surface area (Å²) >= 11 is 5.91. The molecular formula is C24H28ClFN4O4. The van der Waals surface area contributed by atoms with Crippen molar-refractivity contribution in [1.82, 2.24) is 19.8 Å². The second-order valence-electron chi connectivity index (χ2n) is 8.81. The third-order valence-electron chi connectivity index (χ3n) is 6.31. The number of benzene rings is 2. The minimum absolute atomic E-state index is 0.126. The number of nitrogens with zero attached hydrogens (tertiary/aromatic N) is 2. The molecule has 0 bridgehead atoms. The van der Waals surface area contributed by atoms with E-state index in [2.05, 4.69) is 15.2 Å². The third kappa shape index (κ3) is 5.17. The van der Waals surface area contributed by atoms with Crippen molar-refractivity contribution in [3.63, 3.8) is 0 Å². The summed E-state index contributed by atoms with van der Waals surface area (Å²) in [5.74, 6) is -1.38. The molecule has 8 nitrogen and oxygen atoms in total. The van der Waals surface area contributed by atoms with Gasteiger partial charge in [-0.25, -0.2) is 9.18 Å². The standard InChI is InChI=1S/C24H28ClFN4O4/c1-14(13-31)27-23(33)18-10-20-21(11-19(18)26)30(24(34)28-20)17-6-8-29(9-7-17)12-22(32)15-2-4-16(25)5-3-15/h2-5,10-11,14,17,22,31-32H,6-9,12-13H2,1H3,(H,27,33)(H,28,34). The van der Waals surface area contributed by atoms with E-state index in [1.165, 1.54) is 12.1 Å². The highest BCUT2D eigenvalue weighted by Crippen LogP contribution is 2.27. The summed E-state index contributed by atoms with van der Waals surface area (Å²) in [4.78, 5) is 29.9. The Labute approximate surface area is 201 Å². The maximum atomic E-state index is 14.8. The summed E-state index contributed by atoms with van der Waals surface area (Å²) < 4.78 is 16.3. The van der Waals surface area contributed by atoms with Gasteiger partial charge >= 0.3 is 5.69 Å². The number of fused-ring (bicyclic) bond motifs is 1. The Hall–Kier alpha value is -2.72. The van der Waals surface area contributed by atoms with Gasteiger partial charge < -0.3 is 25.4 Å². The first kappa shape index (κ1) is 24.4. The van der Waals surface area contributed by atoms with E-state index >= 15 is 0 Å². The molecular weight excluding hydrogens is 463 g/mol. The van der Waals surface area contributed by atoms with Crippen LogP contribution in [0, 0.1) is 5.82 Å². The van der Waals surface area contributed by atoms with Gasteiger partial charge in [-0.3, -0.25) is 9.36 Å². The van der Waals surface area contributed by atoms with Crippen LogP contribution < -0.4 is 11.0 Å². The molecule has 0 saturated carbocycles. The first-order chi connectivity index (χ1) is 16.3. The maximum absolute atomic E-state index is 14.8. The molecule has 2 unspecified atom stereocenters. The molecule has 1 aromatic heterocycles. The van der Waals surface area contributed by atoms with Crippen LogP contribution in [0.5, 0.6) is 0 Å². The number of likely N-dealkylation sites (tertiary alicyclic amines) is 1. The monoisotopic (exact) mass is 490 g/mol. The fourth-order valence-corrected chi connectivity index (χ4v) is 4.55. The first-order valence-electron chi connectivity index (χ1n) is 11.3. The van der Waals surface area contributed by atoms with Crippen molar-refractivity contribution in [2.75, 3.05) is 26.2 Å². The van der Waals surface area contributed by atoms with Crippen LogP contribution in [0.25, 0.3) is 11.0 Å². The van der Waals surface area contributed by atoms with Gasteiger partial charge in [-0.05, 0) is 43.5 Å². The van der Waals surface area contributed by atoms with Gasteiger partial charge in [-0.15, -0.1) is 0 Å². The van der Waals surface area contributed by atoms with Crippen molar-refractivity contribution >= 4 is 28.5 Å². The lowest BCUT2D eigenvalue weighted by Gasteiger charge is -2.33. The zero-order valence-corrected chi connectivity index (χ0v) is 19.6. The van der Waals surface area contributed by atoms with Crippen LogP contribution in [0.1, 0.15) is 47.8 Å². The number of amides is 1. The minimum Gasteiger partial charge on any atom is -0.394 e. The Morgan fingerprint density at radius 1 is 1.26 bits per heavy atom. The number of rotatable bonds is 7. The number of carbonyl (C=O) groups is 1. The van der Waals surface area contributed by atoms with Crippen molar-refractivity contribution in [2.45, 2.75) is 38.0 Å². The molecule has 182 valence electrons. The Kier molecular flexibility index (Phi) is 7.37. The van der Waals surface area contributed by atoms with Gasteiger partial charge in [0.2, 0.25) is 0 Å². The molecule has 4 rings (SSSR count). The number of piperidine rings is 1. The van der Waals surface area contributed by atoms with E-state index in [0.29, 0.717) is 48.5 Å². The Morgan fingerprint density at radius 3 is 2.59 bits per heavy atom. The number of aromatic amines is 1. The molecule has 0 aliphatic carbocycles. The number of aliphatic hydroxyl groups excluding tert-OH is 2. The predicted molar refractivity (Wildman–Crippen MR) is 128 cm³/mol.